The maximum atomic E-state index is 13.2. The number of halogens is 2. The summed E-state index contributed by atoms with van der Waals surface area (Å²) in [6.07, 6.45) is -0.243. The number of nitrogens with one attached hydrogen (secondary N) is 2. The van der Waals surface area contributed by atoms with Crippen LogP contribution in [0.3, 0.4) is 0 Å². The van der Waals surface area contributed by atoms with Crippen LogP contribution in [0.4, 0.5) is 8.78 Å². The number of hydrogen-bond donors (Lipinski definition) is 4. The summed E-state index contributed by atoms with van der Waals surface area (Å²) in [5.41, 5.74) is 6.30. The van der Waals surface area contributed by atoms with Crippen LogP contribution in [0.2, 0.25) is 0 Å². The van der Waals surface area contributed by atoms with Gasteiger partial charge in [-0.1, -0.05) is 20.8 Å². The number of carbonyl (C=O) groups excluding carboxylic acids is 1. The fourth-order valence-electron chi connectivity index (χ4n) is 2.40. The molecule has 1 rings (SSSR count). The van der Waals surface area contributed by atoms with Gasteiger partial charge in [0.25, 0.3) is 0 Å². The first-order chi connectivity index (χ1) is 11.7. The molecule has 7 heteroatoms. The number of hydrogen-bond acceptors (Lipinski definition) is 4. The highest BCUT2D eigenvalue weighted by Gasteiger charge is 2.20. The molecule has 142 valence electrons. The van der Waals surface area contributed by atoms with Crippen molar-refractivity contribution in [3.63, 3.8) is 0 Å². The summed E-state index contributed by atoms with van der Waals surface area (Å²) in [4.78, 5) is 12.1. The van der Waals surface area contributed by atoms with Crippen LogP contribution >= 0.6 is 0 Å². The van der Waals surface area contributed by atoms with E-state index in [2.05, 4.69) is 10.6 Å². The van der Waals surface area contributed by atoms with E-state index in [-0.39, 0.29) is 18.9 Å². The molecule has 1 aromatic carbocycles. The molecule has 0 radical (unpaired) electrons. The van der Waals surface area contributed by atoms with Gasteiger partial charge >= 0.3 is 0 Å². The van der Waals surface area contributed by atoms with Crippen molar-refractivity contribution >= 4 is 5.91 Å². The molecule has 0 aliphatic carbocycles. The molecule has 1 amide bonds. The highest BCUT2D eigenvalue weighted by atomic mass is 19.1. The Bertz CT molecular complexity index is 535. The summed E-state index contributed by atoms with van der Waals surface area (Å²) >= 11 is 0. The molecule has 0 aliphatic rings. The lowest BCUT2D eigenvalue weighted by Gasteiger charge is -2.23. The van der Waals surface area contributed by atoms with Gasteiger partial charge in [0, 0.05) is 25.2 Å². The molecule has 0 saturated heterocycles. The topological polar surface area (TPSA) is 87.4 Å². The Kier molecular flexibility index (Phi) is 8.96. The van der Waals surface area contributed by atoms with E-state index in [4.69, 9.17) is 5.73 Å². The number of benzene rings is 1. The Hall–Kier alpha value is -1.57. The zero-order chi connectivity index (χ0) is 19.0. The van der Waals surface area contributed by atoms with Crippen molar-refractivity contribution in [2.75, 3.05) is 13.1 Å². The summed E-state index contributed by atoms with van der Waals surface area (Å²) in [7, 11) is 0. The monoisotopic (exact) mass is 357 g/mol. The summed E-state index contributed by atoms with van der Waals surface area (Å²) in [5, 5.41) is 16.0. The molecule has 0 spiro atoms. The molecule has 0 aromatic heterocycles. The fraction of sp³-hybridized carbons (Fsp3) is 0.611. The van der Waals surface area contributed by atoms with E-state index in [1.54, 1.807) is 0 Å². The molecule has 5 nitrogen and oxygen atoms in total. The number of carbonyl (C=O) groups is 1. The van der Waals surface area contributed by atoms with Crippen molar-refractivity contribution in [1.29, 1.82) is 0 Å². The van der Waals surface area contributed by atoms with E-state index in [0.29, 0.717) is 24.4 Å². The Morgan fingerprint density at radius 3 is 2.32 bits per heavy atom. The molecule has 1 aromatic rings. The molecular formula is C18H29F2N3O2. The van der Waals surface area contributed by atoms with Gasteiger partial charge in [0.15, 0.2) is 0 Å². The van der Waals surface area contributed by atoms with Gasteiger partial charge < -0.3 is 21.5 Å². The van der Waals surface area contributed by atoms with Gasteiger partial charge in [0.05, 0.1) is 12.1 Å². The van der Waals surface area contributed by atoms with E-state index in [9.17, 15) is 18.7 Å². The number of aliphatic hydroxyl groups excluding tert-OH is 1. The van der Waals surface area contributed by atoms with E-state index < -0.39 is 29.8 Å². The Morgan fingerprint density at radius 1 is 1.20 bits per heavy atom. The van der Waals surface area contributed by atoms with Crippen LogP contribution in [0.1, 0.15) is 32.8 Å². The Balaban J connectivity index is 2.50. The minimum Gasteiger partial charge on any atom is -0.390 e. The van der Waals surface area contributed by atoms with Gasteiger partial charge in [0.2, 0.25) is 5.91 Å². The quantitative estimate of drug-likeness (QED) is 0.509. The lowest BCUT2D eigenvalue weighted by molar-refractivity contribution is -0.123. The molecule has 0 saturated carbocycles. The lowest BCUT2D eigenvalue weighted by atomic mass is 10.0. The zero-order valence-electron chi connectivity index (χ0n) is 15.1. The van der Waals surface area contributed by atoms with Crippen LogP contribution in [0.15, 0.2) is 18.2 Å². The van der Waals surface area contributed by atoms with Crippen LogP contribution in [0.5, 0.6) is 0 Å². The third-order valence-electron chi connectivity index (χ3n) is 3.87. The van der Waals surface area contributed by atoms with Gasteiger partial charge in [-0.3, -0.25) is 4.79 Å². The highest BCUT2D eigenvalue weighted by molar-refractivity contribution is 5.81. The van der Waals surface area contributed by atoms with Crippen molar-refractivity contribution in [3.05, 3.63) is 35.4 Å². The molecule has 3 atom stereocenters. The standard InChI is InChI=1S/C18H29F2N3O2/c1-4-16(18(25)23-9-11(2)3)22-10-17(24)15(21)7-12-5-13(19)8-14(20)6-12/h5-6,8,11,15-17,22,24H,4,7,9-10,21H2,1-3H3,(H,23,25)/t15-,16?,17+/m0/s1. The molecule has 5 N–H and O–H groups in total. The van der Waals surface area contributed by atoms with Crippen LogP contribution in [-0.4, -0.2) is 42.3 Å². The van der Waals surface area contributed by atoms with Crippen molar-refractivity contribution in [2.45, 2.75) is 51.8 Å². The average Bonchev–Trinajstić information content (AvgIpc) is 2.52. The first kappa shape index (κ1) is 21.5. The number of aliphatic hydroxyl groups is 1. The van der Waals surface area contributed by atoms with Gasteiger partial charge in [-0.2, -0.15) is 0 Å². The lowest BCUT2D eigenvalue weighted by Crippen LogP contribution is -2.50. The van der Waals surface area contributed by atoms with Crippen molar-refractivity contribution in [2.24, 2.45) is 11.7 Å². The number of amides is 1. The van der Waals surface area contributed by atoms with Crippen molar-refractivity contribution in [3.8, 4) is 0 Å². The second-order valence-corrected chi connectivity index (χ2v) is 6.72. The first-order valence-electron chi connectivity index (χ1n) is 8.62. The molecule has 1 unspecified atom stereocenters. The van der Waals surface area contributed by atoms with E-state index >= 15 is 0 Å². The van der Waals surface area contributed by atoms with Crippen molar-refractivity contribution < 1.29 is 18.7 Å². The predicted octanol–water partition coefficient (Wildman–Crippen LogP) is 1.34. The molecule has 25 heavy (non-hydrogen) atoms. The molecule has 0 fully saturated rings. The van der Waals surface area contributed by atoms with Crippen molar-refractivity contribution in [1.82, 2.24) is 10.6 Å². The molecule has 0 aliphatic heterocycles. The maximum Gasteiger partial charge on any atom is 0.237 e. The van der Waals surface area contributed by atoms with Gasteiger partial charge in [0.1, 0.15) is 11.6 Å². The minimum atomic E-state index is -0.946. The molecule has 0 heterocycles. The molecular weight excluding hydrogens is 328 g/mol. The van der Waals surface area contributed by atoms with Gasteiger partial charge in [-0.15, -0.1) is 0 Å². The maximum absolute atomic E-state index is 13.2. The Labute approximate surface area is 148 Å². The summed E-state index contributed by atoms with van der Waals surface area (Å²) in [6, 6.07) is 2.04. The van der Waals surface area contributed by atoms with Crippen LogP contribution in [0.25, 0.3) is 0 Å². The number of rotatable bonds is 10. The van der Waals surface area contributed by atoms with Crippen LogP contribution < -0.4 is 16.4 Å². The largest absolute Gasteiger partial charge is 0.390 e. The summed E-state index contributed by atoms with van der Waals surface area (Å²) < 4.78 is 26.4. The first-order valence-corrected chi connectivity index (χ1v) is 8.62. The highest BCUT2D eigenvalue weighted by Crippen LogP contribution is 2.11. The van der Waals surface area contributed by atoms with Gasteiger partial charge in [-0.05, 0) is 36.5 Å². The second-order valence-electron chi connectivity index (χ2n) is 6.72. The van der Waals surface area contributed by atoms with Gasteiger partial charge in [-0.25, -0.2) is 8.78 Å². The average molecular weight is 357 g/mol. The third-order valence-corrected chi connectivity index (χ3v) is 3.87. The smallest absolute Gasteiger partial charge is 0.237 e. The third kappa shape index (κ3) is 7.90. The predicted molar refractivity (Wildman–Crippen MR) is 94.0 cm³/mol. The van der Waals surface area contributed by atoms with Crippen LogP contribution in [-0.2, 0) is 11.2 Å². The zero-order valence-corrected chi connectivity index (χ0v) is 15.1. The van der Waals surface area contributed by atoms with E-state index in [0.717, 1.165) is 6.07 Å². The minimum absolute atomic E-state index is 0.118. The number of nitrogens with two attached hydrogens (primary N) is 1. The summed E-state index contributed by atoms with van der Waals surface area (Å²) in [6.45, 7) is 6.59. The molecule has 0 bridgehead atoms. The summed E-state index contributed by atoms with van der Waals surface area (Å²) in [5.74, 6) is -1.12. The normalized spacial score (nSPS) is 15.0. The van der Waals surface area contributed by atoms with E-state index in [1.165, 1.54) is 12.1 Å². The Morgan fingerprint density at radius 2 is 1.80 bits per heavy atom. The SMILES string of the molecule is CCC(NC[C@@H](O)[C@@H](N)Cc1cc(F)cc(F)c1)C(=O)NCC(C)C. The van der Waals surface area contributed by atoms with E-state index in [1.807, 2.05) is 20.8 Å². The second kappa shape index (κ2) is 10.4. The van der Waals surface area contributed by atoms with Crippen LogP contribution in [0, 0.1) is 17.6 Å². The fourth-order valence-corrected chi connectivity index (χ4v) is 2.40.